The summed E-state index contributed by atoms with van der Waals surface area (Å²) in [5.74, 6) is 1.31. The lowest BCUT2D eigenvalue weighted by Crippen LogP contribution is -2.11. The van der Waals surface area contributed by atoms with Crippen LogP contribution in [0.15, 0.2) is 42.5 Å². The SMILES string of the molecule is COc1ccc(Oc2ccc(F)cc2C(N)=S)cc1. The predicted molar refractivity (Wildman–Crippen MR) is 75.4 cm³/mol. The number of rotatable bonds is 4. The van der Waals surface area contributed by atoms with Crippen molar-refractivity contribution in [2.45, 2.75) is 0 Å². The molecule has 19 heavy (non-hydrogen) atoms. The number of hydrogen-bond acceptors (Lipinski definition) is 3. The zero-order valence-corrected chi connectivity index (χ0v) is 11.0. The van der Waals surface area contributed by atoms with Gasteiger partial charge in [-0.25, -0.2) is 4.39 Å². The Hall–Kier alpha value is -2.14. The van der Waals surface area contributed by atoms with Crippen LogP contribution in [0.4, 0.5) is 4.39 Å². The fourth-order valence-corrected chi connectivity index (χ4v) is 1.71. The summed E-state index contributed by atoms with van der Waals surface area (Å²) >= 11 is 4.88. The van der Waals surface area contributed by atoms with Crippen molar-refractivity contribution in [1.82, 2.24) is 0 Å². The average Bonchev–Trinajstić information content (AvgIpc) is 2.41. The topological polar surface area (TPSA) is 44.5 Å². The van der Waals surface area contributed by atoms with Crippen molar-refractivity contribution in [3.63, 3.8) is 0 Å². The molecule has 5 heteroatoms. The van der Waals surface area contributed by atoms with Gasteiger partial charge in [-0.05, 0) is 42.5 Å². The van der Waals surface area contributed by atoms with Gasteiger partial charge >= 0.3 is 0 Å². The second-order valence-electron chi connectivity index (χ2n) is 3.78. The molecule has 2 N–H and O–H groups in total. The van der Waals surface area contributed by atoms with E-state index in [2.05, 4.69) is 0 Å². The molecule has 0 spiro atoms. The summed E-state index contributed by atoms with van der Waals surface area (Å²) in [6.45, 7) is 0. The van der Waals surface area contributed by atoms with Crippen LogP contribution in [0, 0.1) is 5.82 Å². The molecule has 98 valence electrons. The molecule has 0 aliphatic rings. The van der Waals surface area contributed by atoms with E-state index in [0.29, 0.717) is 17.1 Å². The summed E-state index contributed by atoms with van der Waals surface area (Å²) in [4.78, 5) is 0.0861. The fraction of sp³-hybridized carbons (Fsp3) is 0.0714. The van der Waals surface area contributed by atoms with E-state index >= 15 is 0 Å². The van der Waals surface area contributed by atoms with Crippen LogP contribution in [0.1, 0.15) is 5.56 Å². The summed E-state index contributed by atoms with van der Waals surface area (Å²) in [5, 5.41) is 0. The van der Waals surface area contributed by atoms with Crippen molar-refractivity contribution in [3.05, 3.63) is 53.8 Å². The minimum atomic E-state index is -0.412. The molecular formula is C14H12FNO2S. The monoisotopic (exact) mass is 277 g/mol. The highest BCUT2D eigenvalue weighted by Crippen LogP contribution is 2.27. The van der Waals surface area contributed by atoms with Crippen molar-refractivity contribution in [2.75, 3.05) is 7.11 Å². The summed E-state index contributed by atoms with van der Waals surface area (Å²) in [6, 6.07) is 11.0. The molecule has 2 rings (SSSR count). The van der Waals surface area contributed by atoms with Gasteiger partial charge < -0.3 is 15.2 Å². The maximum atomic E-state index is 13.2. The van der Waals surface area contributed by atoms with E-state index in [-0.39, 0.29) is 4.99 Å². The standard InChI is InChI=1S/C14H12FNO2S/c1-17-10-3-5-11(6-4-10)18-13-7-2-9(15)8-12(13)14(16)19/h2-8H,1H3,(H2,16,19). The lowest BCUT2D eigenvalue weighted by atomic mass is 10.2. The molecule has 0 atom stereocenters. The van der Waals surface area contributed by atoms with E-state index in [1.807, 2.05) is 0 Å². The van der Waals surface area contributed by atoms with Gasteiger partial charge in [0.2, 0.25) is 0 Å². The Morgan fingerprint density at radius 1 is 1.11 bits per heavy atom. The van der Waals surface area contributed by atoms with E-state index in [1.54, 1.807) is 31.4 Å². The second-order valence-corrected chi connectivity index (χ2v) is 4.22. The second kappa shape index (κ2) is 5.67. The van der Waals surface area contributed by atoms with Crippen LogP contribution in [0.25, 0.3) is 0 Å². The first-order valence-electron chi connectivity index (χ1n) is 5.51. The number of benzene rings is 2. The predicted octanol–water partition coefficient (Wildman–Crippen LogP) is 3.26. The van der Waals surface area contributed by atoms with E-state index in [9.17, 15) is 4.39 Å². The largest absolute Gasteiger partial charge is 0.497 e. The smallest absolute Gasteiger partial charge is 0.137 e. The lowest BCUT2D eigenvalue weighted by Gasteiger charge is -2.10. The molecular weight excluding hydrogens is 265 g/mol. The Bertz CT molecular complexity index is 599. The van der Waals surface area contributed by atoms with E-state index in [1.165, 1.54) is 18.2 Å². The van der Waals surface area contributed by atoms with Gasteiger partial charge in [-0.15, -0.1) is 0 Å². The van der Waals surface area contributed by atoms with Crippen LogP contribution in [0.2, 0.25) is 0 Å². The third kappa shape index (κ3) is 3.20. The van der Waals surface area contributed by atoms with Gasteiger partial charge in [0.05, 0.1) is 12.7 Å². The van der Waals surface area contributed by atoms with E-state index < -0.39 is 5.82 Å². The van der Waals surface area contributed by atoms with Crippen molar-refractivity contribution in [1.29, 1.82) is 0 Å². The molecule has 0 aliphatic heterocycles. The molecule has 0 radical (unpaired) electrons. The number of halogens is 1. The summed E-state index contributed by atoms with van der Waals surface area (Å²) < 4.78 is 23.8. The summed E-state index contributed by atoms with van der Waals surface area (Å²) in [5.41, 5.74) is 5.91. The quantitative estimate of drug-likeness (QED) is 0.871. The van der Waals surface area contributed by atoms with Gasteiger partial charge in [-0.3, -0.25) is 0 Å². The van der Waals surface area contributed by atoms with Crippen LogP contribution >= 0.6 is 12.2 Å². The first-order valence-corrected chi connectivity index (χ1v) is 5.92. The van der Waals surface area contributed by atoms with Crippen molar-refractivity contribution in [3.8, 4) is 17.2 Å². The van der Waals surface area contributed by atoms with Crippen molar-refractivity contribution < 1.29 is 13.9 Å². The number of nitrogens with two attached hydrogens (primary N) is 1. The molecule has 0 aliphatic carbocycles. The molecule has 2 aromatic carbocycles. The molecule has 0 unspecified atom stereocenters. The maximum absolute atomic E-state index is 13.2. The molecule has 0 saturated heterocycles. The Morgan fingerprint density at radius 2 is 1.74 bits per heavy atom. The highest BCUT2D eigenvalue weighted by atomic mass is 32.1. The molecule has 0 saturated carbocycles. The first kappa shape index (κ1) is 13.3. The number of hydrogen-bond donors (Lipinski definition) is 1. The lowest BCUT2D eigenvalue weighted by molar-refractivity contribution is 0.413. The van der Waals surface area contributed by atoms with Crippen LogP contribution in [0.3, 0.4) is 0 Å². The Kier molecular flexibility index (Phi) is 3.97. The van der Waals surface area contributed by atoms with E-state index in [0.717, 1.165) is 5.75 Å². The number of thiocarbonyl (C=S) groups is 1. The van der Waals surface area contributed by atoms with Gasteiger partial charge in [0.15, 0.2) is 0 Å². The van der Waals surface area contributed by atoms with Gasteiger partial charge in [0.1, 0.15) is 28.1 Å². The van der Waals surface area contributed by atoms with Gasteiger partial charge in [0.25, 0.3) is 0 Å². The molecule has 0 aromatic heterocycles. The normalized spacial score (nSPS) is 10.0. The molecule has 3 nitrogen and oxygen atoms in total. The van der Waals surface area contributed by atoms with Gasteiger partial charge in [-0.2, -0.15) is 0 Å². The van der Waals surface area contributed by atoms with Crippen LogP contribution in [-0.4, -0.2) is 12.1 Å². The summed E-state index contributed by atoms with van der Waals surface area (Å²) in [7, 11) is 1.58. The van der Waals surface area contributed by atoms with E-state index in [4.69, 9.17) is 27.4 Å². The van der Waals surface area contributed by atoms with Gasteiger partial charge in [0, 0.05) is 0 Å². The minimum absolute atomic E-state index is 0.0861. The number of methoxy groups -OCH3 is 1. The van der Waals surface area contributed by atoms with Crippen LogP contribution < -0.4 is 15.2 Å². The van der Waals surface area contributed by atoms with Crippen molar-refractivity contribution >= 4 is 17.2 Å². The highest BCUT2D eigenvalue weighted by Gasteiger charge is 2.09. The molecule has 0 bridgehead atoms. The zero-order valence-electron chi connectivity index (χ0n) is 10.2. The van der Waals surface area contributed by atoms with Crippen LogP contribution in [0.5, 0.6) is 17.2 Å². The molecule has 0 amide bonds. The fourth-order valence-electron chi connectivity index (χ4n) is 1.55. The highest BCUT2D eigenvalue weighted by molar-refractivity contribution is 7.80. The van der Waals surface area contributed by atoms with Gasteiger partial charge in [-0.1, -0.05) is 12.2 Å². The molecule has 0 heterocycles. The maximum Gasteiger partial charge on any atom is 0.137 e. The molecule has 0 fully saturated rings. The first-order chi connectivity index (χ1) is 9.10. The minimum Gasteiger partial charge on any atom is -0.497 e. The Labute approximate surface area is 115 Å². The third-order valence-corrected chi connectivity index (χ3v) is 2.71. The van der Waals surface area contributed by atoms with Crippen molar-refractivity contribution in [2.24, 2.45) is 5.73 Å². The summed E-state index contributed by atoms with van der Waals surface area (Å²) in [6.07, 6.45) is 0. The molecule has 2 aromatic rings. The number of ether oxygens (including phenoxy) is 2. The Morgan fingerprint density at radius 3 is 2.32 bits per heavy atom. The Balaban J connectivity index is 2.29. The average molecular weight is 277 g/mol. The third-order valence-electron chi connectivity index (χ3n) is 2.49. The zero-order chi connectivity index (χ0) is 13.8. The van der Waals surface area contributed by atoms with Crippen LogP contribution in [-0.2, 0) is 0 Å².